The second-order valence-corrected chi connectivity index (χ2v) is 4.93. The van der Waals surface area contributed by atoms with Gasteiger partial charge in [-0.15, -0.1) is 0 Å². The average molecular weight is 233 g/mol. The van der Waals surface area contributed by atoms with Crippen LogP contribution in [0.5, 0.6) is 5.75 Å². The highest BCUT2D eigenvalue weighted by molar-refractivity contribution is 6.02. The van der Waals surface area contributed by atoms with E-state index in [0.29, 0.717) is 12.0 Å². The van der Waals surface area contributed by atoms with Gasteiger partial charge in [-0.2, -0.15) is 0 Å². The topological polar surface area (TPSA) is 29.5 Å². The summed E-state index contributed by atoms with van der Waals surface area (Å²) < 4.78 is 5.12. The van der Waals surface area contributed by atoms with E-state index in [0.717, 1.165) is 11.4 Å². The number of carbonyl (C=O) groups is 1. The Balaban J connectivity index is 2.23. The van der Waals surface area contributed by atoms with E-state index < -0.39 is 0 Å². The first-order valence-electron chi connectivity index (χ1n) is 6.03. The Hall–Kier alpha value is -1.51. The fraction of sp³-hybridized carbons (Fsp3) is 0.500. The van der Waals surface area contributed by atoms with E-state index in [1.165, 1.54) is 0 Å². The summed E-state index contributed by atoms with van der Waals surface area (Å²) in [4.78, 5) is 13.8. The number of hydrogen-bond acceptors (Lipinski definition) is 2. The van der Waals surface area contributed by atoms with Crippen LogP contribution in [0.4, 0.5) is 5.69 Å². The lowest BCUT2D eigenvalue weighted by Gasteiger charge is -2.48. The number of methoxy groups -OCH3 is 1. The van der Waals surface area contributed by atoms with Gasteiger partial charge in [-0.05, 0) is 30.2 Å². The molecule has 1 aromatic carbocycles. The first-order chi connectivity index (χ1) is 8.06. The molecule has 1 amide bonds. The Bertz CT molecular complexity index is 411. The Labute approximate surface area is 102 Å². The Kier molecular flexibility index (Phi) is 3.09. The van der Waals surface area contributed by atoms with Gasteiger partial charge in [0.25, 0.3) is 0 Å². The van der Waals surface area contributed by atoms with Gasteiger partial charge in [0.15, 0.2) is 0 Å². The standard InChI is InChI=1S/C14H19NO2/c1-9(2)13-10(3)14(16)15(13)11-5-7-12(17-4)8-6-11/h5-10,13H,1-4H3/t10-,13+/m0/s1. The van der Waals surface area contributed by atoms with Crippen LogP contribution in [-0.4, -0.2) is 19.1 Å². The summed E-state index contributed by atoms with van der Waals surface area (Å²) in [5, 5.41) is 0. The molecule has 0 N–H and O–H groups in total. The van der Waals surface area contributed by atoms with E-state index in [-0.39, 0.29) is 11.8 Å². The van der Waals surface area contributed by atoms with Gasteiger partial charge < -0.3 is 9.64 Å². The van der Waals surface area contributed by atoms with Crippen molar-refractivity contribution in [2.45, 2.75) is 26.8 Å². The summed E-state index contributed by atoms with van der Waals surface area (Å²) >= 11 is 0. The van der Waals surface area contributed by atoms with Crippen molar-refractivity contribution in [2.24, 2.45) is 11.8 Å². The zero-order valence-electron chi connectivity index (χ0n) is 10.8. The first-order valence-corrected chi connectivity index (χ1v) is 6.03. The third-order valence-electron chi connectivity index (χ3n) is 3.47. The van der Waals surface area contributed by atoms with E-state index in [2.05, 4.69) is 13.8 Å². The van der Waals surface area contributed by atoms with Crippen LogP contribution in [0, 0.1) is 11.8 Å². The van der Waals surface area contributed by atoms with Crippen LogP contribution in [0.3, 0.4) is 0 Å². The van der Waals surface area contributed by atoms with Crippen LogP contribution in [0.15, 0.2) is 24.3 Å². The Morgan fingerprint density at radius 2 is 1.82 bits per heavy atom. The summed E-state index contributed by atoms with van der Waals surface area (Å²) in [6.45, 7) is 6.32. The largest absolute Gasteiger partial charge is 0.497 e. The average Bonchev–Trinajstić information content (AvgIpc) is 2.34. The summed E-state index contributed by atoms with van der Waals surface area (Å²) in [5.41, 5.74) is 0.965. The van der Waals surface area contributed by atoms with E-state index in [4.69, 9.17) is 4.74 Å². The van der Waals surface area contributed by atoms with Gasteiger partial charge in [0.05, 0.1) is 19.1 Å². The molecule has 0 saturated carbocycles. The molecule has 0 aromatic heterocycles. The number of rotatable bonds is 3. The molecule has 1 saturated heterocycles. The van der Waals surface area contributed by atoms with Crippen LogP contribution < -0.4 is 9.64 Å². The van der Waals surface area contributed by atoms with Crippen molar-refractivity contribution >= 4 is 11.6 Å². The molecule has 3 nitrogen and oxygen atoms in total. The SMILES string of the molecule is COc1ccc(N2C(=O)[C@@H](C)[C@H]2C(C)C)cc1. The number of amides is 1. The van der Waals surface area contributed by atoms with Crippen molar-refractivity contribution in [2.75, 3.05) is 12.0 Å². The van der Waals surface area contributed by atoms with Gasteiger partial charge in [-0.1, -0.05) is 20.8 Å². The molecular formula is C14H19NO2. The number of carbonyl (C=O) groups excluding carboxylic acids is 1. The molecule has 17 heavy (non-hydrogen) atoms. The summed E-state index contributed by atoms with van der Waals surface area (Å²) in [6, 6.07) is 7.98. The molecule has 2 atom stereocenters. The van der Waals surface area contributed by atoms with Crippen LogP contribution in [0.2, 0.25) is 0 Å². The van der Waals surface area contributed by atoms with Crippen molar-refractivity contribution in [1.82, 2.24) is 0 Å². The molecule has 1 fully saturated rings. The van der Waals surface area contributed by atoms with Gasteiger partial charge in [0.2, 0.25) is 5.91 Å². The molecule has 1 heterocycles. The molecule has 0 unspecified atom stereocenters. The highest BCUT2D eigenvalue weighted by Crippen LogP contribution is 2.36. The van der Waals surface area contributed by atoms with Crippen molar-refractivity contribution in [3.63, 3.8) is 0 Å². The van der Waals surface area contributed by atoms with Crippen LogP contribution in [-0.2, 0) is 4.79 Å². The van der Waals surface area contributed by atoms with Gasteiger partial charge in [-0.25, -0.2) is 0 Å². The molecule has 0 radical (unpaired) electrons. The van der Waals surface area contributed by atoms with Crippen molar-refractivity contribution < 1.29 is 9.53 Å². The van der Waals surface area contributed by atoms with Crippen LogP contribution >= 0.6 is 0 Å². The van der Waals surface area contributed by atoms with Gasteiger partial charge in [0.1, 0.15) is 5.75 Å². The molecule has 1 aliphatic rings. The molecule has 0 bridgehead atoms. The summed E-state index contributed by atoms with van der Waals surface area (Å²) in [5.74, 6) is 1.65. The Morgan fingerprint density at radius 1 is 1.24 bits per heavy atom. The molecule has 3 heteroatoms. The number of ether oxygens (including phenoxy) is 1. The lowest BCUT2D eigenvalue weighted by atomic mass is 9.81. The number of nitrogens with zero attached hydrogens (tertiary/aromatic N) is 1. The second-order valence-electron chi connectivity index (χ2n) is 4.93. The maximum atomic E-state index is 11.9. The lowest BCUT2D eigenvalue weighted by Crippen LogP contribution is -2.62. The van der Waals surface area contributed by atoms with Crippen molar-refractivity contribution in [3.05, 3.63) is 24.3 Å². The summed E-state index contributed by atoms with van der Waals surface area (Å²) in [6.07, 6.45) is 0. The molecular weight excluding hydrogens is 214 g/mol. The molecule has 0 spiro atoms. The van der Waals surface area contributed by atoms with E-state index in [9.17, 15) is 4.79 Å². The highest BCUT2D eigenvalue weighted by atomic mass is 16.5. The normalized spacial score (nSPS) is 23.8. The monoisotopic (exact) mass is 233 g/mol. The minimum Gasteiger partial charge on any atom is -0.497 e. The smallest absolute Gasteiger partial charge is 0.232 e. The number of anilines is 1. The van der Waals surface area contributed by atoms with Gasteiger partial charge in [-0.3, -0.25) is 4.79 Å². The van der Waals surface area contributed by atoms with Gasteiger partial charge in [0, 0.05) is 5.69 Å². The Morgan fingerprint density at radius 3 is 2.29 bits per heavy atom. The van der Waals surface area contributed by atoms with Crippen LogP contribution in [0.25, 0.3) is 0 Å². The fourth-order valence-electron chi connectivity index (χ4n) is 2.57. The molecule has 2 rings (SSSR count). The maximum absolute atomic E-state index is 11.9. The number of β-lactam (4-membered cyclic amide) rings is 1. The molecule has 92 valence electrons. The predicted octanol–water partition coefficient (Wildman–Crippen LogP) is 2.70. The fourth-order valence-corrected chi connectivity index (χ4v) is 2.57. The zero-order valence-corrected chi connectivity index (χ0v) is 10.8. The quantitative estimate of drug-likeness (QED) is 0.751. The second kappa shape index (κ2) is 4.40. The molecule has 0 aliphatic carbocycles. The van der Waals surface area contributed by atoms with Crippen molar-refractivity contribution in [3.8, 4) is 5.75 Å². The van der Waals surface area contributed by atoms with E-state index >= 15 is 0 Å². The number of benzene rings is 1. The third kappa shape index (κ3) is 1.90. The molecule has 1 aliphatic heterocycles. The van der Waals surface area contributed by atoms with Gasteiger partial charge >= 0.3 is 0 Å². The predicted molar refractivity (Wildman–Crippen MR) is 68.3 cm³/mol. The minimum absolute atomic E-state index is 0.136. The minimum atomic E-state index is 0.136. The van der Waals surface area contributed by atoms with Crippen molar-refractivity contribution in [1.29, 1.82) is 0 Å². The number of hydrogen-bond donors (Lipinski definition) is 0. The van der Waals surface area contributed by atoms with E-state index in [1.807, 2.05) is 36.1 Å². The third-order valence-corrected chi connectivity index (χ3v) is 3.47. The summed E-state index contributed by atoms with van der Waals surface area (Å²) in [7, 11) is 1.64. The highest BCUT2D eigenvalue weighted by Gasteiger charge is 2.46. The molecule has 1 aromatic rings. The maximum Gasteiger partial charge on any atom is 0.232 e. The zero-order chi connectivity index (χ0) is 12.6. The lowest BCUT2D eigenvalue weighted by molar-refractivity contribution is -0.130. The first kappa shape index (κ1) is 12.0. The van der Waals surface area contributed by atoms with Crippen LogP contribution in [0.1, 0.15) is 20.8 Å². The van der Waals surface area contributed by atoms with E-state index in [1.54, 1.807) is 7.11 Å².